The van der Waals surface area contributed by atoms with Gasteiger partial charge < -0.3 is 4.90 Å². The van der Waals surface area contributed by atoms with Gasteiger partial charge in [0.05, 0.1) is 10.7 Å². The van der Waals surface area contributed by atoms with Crippen molar-refractivity contribution in [2.45, 2.75) is 28.9 Å². The molecule has 2 aromatic carbocycles. The monoisotopic (exact) mass is 365 g/mol. The lowest BCUT2D eigenvalue weighted by molar-refractivity contribution is 1.16. The zero-order valence-corrected chi connectivity index (χ0v) is 16.5. The van der Waals surface area contributed by atoms with Gasteiger partial charge in [0.15, 0.2) is 0 Å². The highest BCUT2D eigenvalue weighted by molar-refractivity contribution is 8.03. The summed E-state index contributed by atoms with van der Waals surface area (Å²) in [4.78, 5) is 4.87. The summed E-state index contributed by atoms with van der Waals surface area (Å²) in [6.45, 7) is 8.61. The molecule has 0 radical (unpaired) electrons. The number of benzene rings is 2. The van der Waals surface area contributed by atoms with Crippen LogP contribution in [0.5, 0.6) is 0 Å². The molecule has 1 heterocycles. The van der Waals surface area contributed by atoms with Gasteiger partial charge in [-0.3, -0.25) is 0 Å². The van der Waals surface area contributed by atoms with E-state index < -0.39 is 0 Å². The van der Waals surface area contributed by atoms with E-state index in [1.54, 1.807) is 0 Å². The lowest BCUT2D eigenvalue weighted by atomic mass is 10.2. The fourth-order valence-corrected chi connectivity index (χ4v) is 4.70. The maximum absolute atomic E-state index is 4.25. The van der Waals surface area contributed by atoms with Crippen molar-refractivity contribution in [3.63, 3.8) is 0 Å². The molecule has 128 valence electrons. The molecular weight excluding hydrogens is 342 g/mol. The summed E-state index contributed by atoms with van der Waals surface area (Å²) in [7, 11) is 2.12. The maximum atomic E-state index is 4.25. The number of allylic oxidation sites excluding steroid dienone is 3. The molecule has 25 heavy (non-hydrogen) atoms. The molecule has 0 aromatic heterocycles. The summed E-state index contributed by atoms with van der Waals surface area (Å²) in [5, 5.41) is 1.59. The van der Waals surface area contributed by atoms with Gasteiger partial charge in [-0.1, -0.05) is 60.8 Å². The molecule has 1 aliphatic rings. The first-order valence-corrected chi connectivity index (χ1v) is 10.1. The fraction of sp³-hybridized carbons (Fsp3) is 0.182. The van der Waals surface area contributed by atoms with Gasteiger partial charge in [-0.25, -0.2) is 0 Å². The molecule has 0 saturated carbocycles. The van der Waals surface area contributed by atoms with E-state index in [4.69, 9.17) is 0 Å². The maximum Gasteiger partial charge on any atom is 0.0798 e. The topological polar surface area (TPSA) is 3.24 Å². The first kappa shape index (κ1) is 18.0. The van der Waals surface area contributed by atoms with Crippen molar-refractivity contribution in [3.05, 3.63) is 89.5 Å². The predicted octanol–water partition coefficient (Wildman–Crippen LogP) is 6.67. The molecule has 1 nitrogen and oxygen atoms in total. The molecule has 3 heteroatoms. The van der Waals surface area contributed by atoms with E-state index in [0.717, 1.165) is 5.57 Å². The minimum absolute atomic E-state index is 0.349. The number of para-hydroxylation sites is 1. The van der Waals surface area contributed by atoms with Crippen LogP contribution in [0.1, 0.15) is 12.5 Å². The van der Waals surface area contributed by atoms with E-state index in [-0.39, 0.29) is 0 Å². The van der Waals surface area contributed by atoms with Crippen LogP contribution in [0.25, 0.3) is 0 Å². The van der Waals surface area contributed by atoms with Gasteiger partial charge in [0.2, 0.25) is 0 Å². The number of aryl methyl sites for hydroxylation is 1. The highest BCUT2D eigenvalue weighted by atomic mass is 32.2. The van der Waals surface area contributed by atoms with Crippen LogP contribution in [-0.4, -0.2) is 12.3 Å². The molecule has 0 saturated heterocycles. The number of fused-ring (bicyclic) bond motifs is 1. The average molecular weight is 366 g/mol. The van der Waals surface area contributed by atoms with Gasteiger partial charge in [-0.05, 0) is 49.3 Å². The molecular formula is C22H23NS2. The number of nitrogens with zero attached hydrogens (tertiary/aromatic N) is 1. The van der Waals surface area contributed by atoms with Crippen LogP contribution < -0.4 is 4.90 Å². The number of rotatable bonds is 5. The van der Waals surface area contributed by atoms with Crippen molar-refractivity contribution in [2.75, 3.05) is 11.9 Å². The second-order valence-corrected chi connectivity index (χ2v) is 8.54. The van der Waals surface area contributed by atoms with Crippen LogP contribution in [0.4, 0.5) is 5.69 Å². The molecule has 0 aliphatic carbocycles. The Balaban J connectivity index is 1.62. The fourth-order valence-electron chi connectivity index (χ4n) is 2.61. The quantitative estimate of drug-likeness (QED) is 0.430. The molecule has 2 aromatic rings. The van der Waals surface area contributed by atoms with E-state index in [2.05, 4.69) is 99.1 Å². The van der Waals surface area contributed by atoms with Crippen LogP contribution in [0.15, 0.2) is 93.7 Å². The van der Waals surface area contributed by atoms with Gasteiger partial charge in [0.1, 0.15) is 0 Å². The van der Waals surface area contributed by atoms with Crippen molar-refractivity contribution >= 4 is 29.2 Å². The van der Waals surface area contributed by atoms with E-state index in [0.29, 0.717) is 5.25 Å². The predicted molar refractivity (Wildman–Crippen MR) is 114 cm³/mol. The third kappa shape index (κ3) is 4.23. The highest BCUT2D eigenvalue weighted by Crippen LogP contribution is 2.44. The summed E-state index contributed by atoms with van der Waals surface area (Å²) >= 11 is 3.67. The summed E-state index contributed by atoms with van der Waals surface area (Å²) < 4.78 is 0. The lowest BCUT2D eigenvalue weighted by Crippen LogP contribution is -2.08. The standard InChI is InChI=1S/C22H23NS2/c1-16(18(3)24-20-13-7-5-10-17(20)2)11-9-15-22-23(4)19-12-6-8-14-21(19)25-22/h5-15,18H,1H2,2-4H3/b11-9+,22-15-. The Morgan fingerprint density at radius 2 is 1.88 bits per heavy atom. The normalized spacial score (nSPS) is 16.4. The summed E-state index contributed by atoms with van der Waals surface area (Å²) in [5.41, 5.74) is 3.72. The molecule has 0 fully saturated rings. The summed E-state index contributed by atoms with van der Waals surface area (Å²) in [5.74, 6) is 0. The number of anilines is 1. The molecule has 1 atom stereocenters. The van der Waals surface area contributed by atoms with E-state index in [1.807, 2.05) is 23.5 Å². The van der Waals surface area contributed by atoms with Crippen LogP contribution in [0.2, 0.25) is 0 Å². The Bertz CT molecular complexity index is 835. The second kappa shape index (κ2) is 8.03. The molecule has 0 amide bonds. The molecule has 0 bridgehead atoms. The van der Waals surface area contributed by atoms with Crippen molar-refractivity contribution in [2.24, 2.45) is 0 Å². The third-order valence-corrected chi connectivity index (χ3v) is 6.79. The van der Waals surface area contributed by atoms with Crippen molar-refractivity contribution < 1.29 is 0 Å². The first-order chi connectivity index (χ1) is 12.1. The van der Waals surface area contributed by atoms with Crippen LogP contribution in [0, 0.1) is 6.92 Å². The smallest absolute Gasteiger partial charge is 0.0798 e. The second-order valence-electron chi connectivity index (χ2n) is 6.09. The molecule has 1 unspecified atom stereocenters. The Kier molecular flexibility index (Phi) is 5.77. The van der Waals surface area contributed by atoms with Gasteiger partial charge in [-0.15, -0.1) is 11.8 Å². The number of hydrogen-bond acceptors (Lipinski definition) is 3. The highest BCUT2D eigenvalue weighted by Gasteiger charge is 2.20. The zero-order chi connectivity index (χ0) is 17.8. The molecule has 3 rings (SSSR count). The van der Waals surface area contributed by atoms with E-state index >= 15 is 0 Å². The Morgan fingerprint density at radius 3 is 2.64 bits per heavy atom. The average Bonchev–Trinajstić information content (AvgIpc) is 2.93. The molecule has 0 N–H and O–H groups in total. The van der Waals surface area contributed by atoms with Crippen molar-refractivity contribution in [1.82, 2.24) is 0 Å². The summed E-state index contributed by atoms with van der Waals surface area (Å²) in [6.07, 6.45) is 6.41. The summed E-state index contributed by atoms with van der Waals surface area (Å²) in [6, 6.07) is 17.0. The Hall–Kier alpha value is -1.84. The third-order valence-electron chi connectivity index (χ3n) is 4.24. The Labute approximate surface area is 159 Å². The van der Waals surface area contributed by atoms with Crippen molar-refractivity contribution in [3.8, 4) is 0 Å². The van der Waals surface area contributed by atoms with Crippen LogP contribution in [0.3, 0.4) is 0 Å². The minimum Gasteiger partial charge on any atom is -0.338 e. The first-order valence-electron chi connectivity index (χ1n) is 8.36. The van der Waals surface area contributed by atoms with Crippen LogP contribution in [-0.2, 0) is 0 Å². The minimum atomic E-state index is 0.349. The Morgan fingerprint density at radius 1 is 1.16 bits per heavy atom. The van der Waals surface area contributed by atoms with Crippen molar-refractivity contribution in [1.29, 1.82) is 0 Å². The zero-order valence-electron chi connectivity index (χ0n) is 14.9. The number of hydrogen-bond donors (Lipinski definition) is 0. The van der Waals surface area contributed by atoms with Gasteiger partial charge >= 0.3 is 0 Å². The number of thioether (sulfide) groups is 2. The van der Waals surface area contributed by atoms with Gasteiger partial charge in [-0.2, -0.15) is 0 Å². The molecule has 1 aliphatic heterocycles. The van der Waals surface area contributed by atoms with Crippen LogP contribution >= 0.6 is 23.5 Å². The van der Waals surface area contributed by atoms with Gasteiger partial charge in [0.25, 0.3) is 0 Å². The van der Waals surface area contributed by atoms with E-state index in [9.17, 15) is 0 Å². The van der Waals surface area contributed by atoms with E-state index in [1.165, 1.54) is 26.1 Å². The molecule has 0 spiro atoms. The van der Waals surface area contributed by atoms with Gasteiger partial charge in [0, 0.05) is 22.1 Å². The largest absolute Gasteiger partial charge is 0.338 e. The lowest BCUT2D eigenvalue weighted by Gasteiger charge is -2.14. The SMILES string of the molecule is C=C(/C=C/C=C1\Sc2ccccc2N1C)C(C)Sc1ccccc1C.